The van der Waals surface area contributed by atoms with Gasteiger partial charge in [-0.15, -0.1) is 0 Å². The predicted molar refractivity (Wildman–Crippen MR) is 106 cm³/mol. The average Bonchev–Trinajstić information content (AvgIpc) is 2.73. The smallest absolute Gasteiger partial charge is 0.236 e. The quantitative estimate of drug-likeness (QED) is 0.874. The number of nitrogens with two attached hydrogens (primary N) is 1. The van der Waals surface area contributed by atoms with Gasteiger partial charge in [0.25, 0.3) is 0 Å². The van der Waals surface area contributed by atoms with E-state index in [1.165, 1.54) is 0 Å². The first-order valence-electron chi connectivity index (χ1n) is 8.70. The molecule has 0 radical (unpaired) electrons. The maximum absolute atomic E-state index is 9.21. The van der Waals surface area contributed by atoms with Gasteiger partial charge < -0.3 is 15.6 Å². The van der Waals surface area contributed by atoms with Crippen molar-refractivity contribution in [3.8, 4) is 5.88 Å². The Morgan fingerprint density at radius 1 is 1.15 bits per heavy atom. The van der Waals surface area contributed by atoms with E-state index in [9.17, 15) is 5.11 Å². The van der Waals surface area contributed by atoms with Crippen molar-refractivity contribution in [1.29, 1.82) is 0 Å². The predicted octanol–water partition coefficient (Wildman–Crippen LogP) is 3.01. The molecule has 0 amide bonds. The Kier molecular flexibility index (Phi) is 4.56. The third kappa shape index (κ3) is 3.27. The molecule has 0 aromatic carbocycles. The van der Waals surface area contributed by atoms with Crippen LogP contribution in [-0.2, 0) is 6.61 Å². The third-order valence-electron chi connectivity index (χ3n) is 4.85. The van der Waals surface area contributed by atoms with E-state index in [-0.39, 0.29) is 12.5 Å². The van der Waals surface area contributed by atoms with Gasteiger partial charge in [0, 0.05) is 30.2 Å². The van der Waals surface area contributed by atoms with E-state index in [0.717, 1.165) is 34.4 Å². The molecule has 4 rings (SSSR count). The van der Waals surface area contributed by atoms with E-state index in [0.29, 0.717) is 17.3 Å². The fourth-order valence-corrected chi connectivity index (χ4v) is 3.43. The molecule has 1 aliphatic heterocycles. The molecule has 0 bridgehead atoms. The molecule has 1 atom stereocenters. The maximum atomic E-state index is 9.21. The number of nitrogen functional groups attached to an aromatic ring is 1. The van der Waals surface area contributed by atoms with Crippen LogP contribution in [0.2, 0.25) is 0 Å². The summed E-state index contributed by atoms with van der Waals surface area (Å²) in [7, 11) is 1.56. The maximum Gasteiger partial charge on any atom is 0.236 e. The van der Waals surface area contributed by atoms with Crippen LogP contribution < -0.4 is 10.5 Å². The molecule has 0 spiro atoms. The van der Waals surface area contributed by atoms with Gasteiger partial charge in [-0.05, 0) is 53.0 Å². The van der Waals surface area contributed by atoms with Crippen LogP contribution in [0.3, 0.4) is 0 Å². The second-order valence-electron chi connectivity index (χ2n) is 6.46. The molecule has 1 unspecified atom stereocenters. The number of aliphatic hydroxyl groups excluding tert-OH is 1. The molecular weight excluding hydrogens is 340 g/mol. The fourth-order valence-electron chi connectivity index (χ4n) is 3.43. The third-order valence-corrected chi connectivity index (χ3v) is 4.85. The molecule has 136 valence electrons. The number of rotatable bonds is 4. The van der Waals surface area contributed by atoms with Gasteiger partial charge in [0.05, 0.1) is 25.1 Å². The Bertz CT molecular complexity index is 988. The molecule has 2 aliphatic rings. The fraction of sp³-hybridized carbons (Fsp3) is 0.190. The Morgan fingerprint density at radius 2 is 2.00 bits per heavy atom. The van der Waals surface area contributed by atoms with Crippen molar-refractivity contribution in [3.05, 3.63) is 71.3 Å². The summed E-state index contributed by atoms with van der Waals surface area (Å²) in [6.45, 7) is -0.0614. The second-order valence-corrected chi connectivity index (χ2v) is 6.46. The molecule has 27 heavy (non-hydrogen) atoms. The summed E-state index contributed by atoms with van der Waals surface area (Å²) in [4.78, 5) is 13.1. The van der Waals surface area contributed by atoms with E-state index in [1.807, 2.05) is 36.6 Å². The SMILES string of the molecule is COc1ncc(C2=CC=C3N=CC=C(c4ccc(CO)nc4)C3C2)cc1N. The summed E-state index contributed by atoms with van der Waals surface area (Å²) >= 11 is 0. The van der Waals surface area contributed by atoms with Crippen LogP contribution >= 0.6 is 0 Å². The first kappa shape index (κ1) is 17.2. The lowest BCUT2D eigenvalue weighted by molar-refractivity contribution is 0.277. The summed E-state index contributed by atoms with van der Waals surface area (Å²) in [5, 5.41) is 9.21. The Balaban J connectivity index is 1.65. The summed E-state index contributed by atoms with van der Waals surface area (Å²) in [6, 6.07) is 5.73. The summed E-state index contributed by atoms with van der Waals surface area (Å²) in [5.74, 6) is 0.574. The Labute approximate surface area is 157 Å². The zero-order valence-electron chi connectivity index (χ0n) is 15.0. The second kappa shape index (κ2) is 7.17. The van der Waals surface area contributed by atoms with Crippen molar-refractivity contribution in [2.24, 2.45) is 10.9 Å². The zero-order chi connectivity index (χ0) is 18.8. The van der Waals surface area contributed by atoms with Gasteiger partial charge in [-0.3, -0.25) is 9.98 Å². The molecule has 6 heteroatoms. The Hall–Kier alpha value is -3.25. The average molecular weight is 360 g/mol. The van der Waals surface area contributed by atoms with Gasteiger partial charge >= 0.3 is 0 Å². The number of hydrogen-bond acceptors (Lipinski definition) is 6. The van der Waals surface area contributed by atoms with Crippen LogP contribution in [0.25, 0.3) is 11.1 Å². The minimum Gasteiger partial charge on any atom is -0.480 e. The molecule has 0 saturated heterocycles. The van der Waals surface area contributed by atoms with Gasteiger partial charge in [-0.1, -0.05) is 12.1 Å². The van der Waals surface area contributed by atoms with Crippen molar-refractivity contribution in [1.82, 2.24) is 9.97 Å². The largest absolute Gasteiger partial charge is 0.480 e. The normalized spacial score (nSPS) is 18.3. The van der Waals surface area contributed by atoms with Crippen LogP contribution in [-0.4, -0.2) is 28.4 Å². The molecule has 6 nitrogen and oxygen atoms in total. The van der Waals surface area contributed by atoms with Gasteiger partial charge in [-0.25, -0.2) is 4.98 Å². The number of aliphatic hydroxyl groups is 1. The minimum atomic E-state index is -0.0614. The lowest BCUT2D eigenvalue weighted by Gasteiger charge is -2.27. The highest BCUT2D eigenvalue weighted by molar-refractivity contribution is 5.91. The zero-order valence-corrected chi connectivity index (χ0v) is 15.0. The van der Waals surface area contributed by atoms with Crippen LogP contribution in [0.4, 0.5) is 5.69 Å². The number of ether oxygens (including phenoxy) is 1. The minimum absolute atomic E-state index is 0.0614. The van der Waals surface area contributed by atoms with Gasteiger partial charge in [0.1, 0.15) is 0 Å². The number of aliphatic imine (C=N–C) groups is 1. The van der Waals surface area contributed by atoms with Gasteiger partial charge in [0.2, 0.25) is 5.88 Å². The van der Waals surface area contributed by atoms with Crippen molar-refractivity contribution >= 4 is 23.0 Å². The molecule has 2 aromatic heterocycles. The van der Waals surface area contributed by atoms with Crippen molar-refractivity contribution in [2.75, 3.05) is 12.8 Å². The number of dihydropyridines is 1. The first-order valence-corrected chi connectivity index (χ1v) is 8.70. The molecule has 3 N–H and O–H groups in total. The standard InChI is InChI=1S/C21H20N4O2/c1-27-21-19(22)9-15(11-25-21)13-3-5-20-18(8-13)17(6-7-23-20)14-2-4-16(12-26)24-10-14/h2-7,9-11,18,26H,8,12,22H2,1H3. The number of methoxy groups -OCH3 is 1. The van der Waals surface area contributed by atoms with Crippen LogP contribution in [0.15, 0.2) is 59.5 Å². The molecule has 1 aliphatic carbocycles. The van der Waals surface area contributed by atoms with Gasteiger partial charge in [-0.2, -0.15) is 0 Å². The molecule has 0 saturated carbocycles. The number of allylic oxidation sites excluding steroid dienone is 5. The topological polar surface area (TPSA) is 93.6 Å². The molecule has 2 aromatic rings. The summed E-state index contributed by atoms with van der Waals surface area (Å²) in [5.41, 5.74) is 12.5. The molecule has 3 heterocycles. The summed E-state index contributed by atoms with van der Waals surface area (Å²) < 4.78 is 5.15. The van der Waals surface area contributed by atoms with E-state index < -0.39 is 0 Å². The first-order chi connectivity index (χ1) is 13.2. The van der Waals surface area contributed by atoms with Crippen molar-refractivity contribution in [3.63, 3.8) is 0 Å². The number of pyridine rings is 2. The van der Waals surface area contributed by atoms with Gasteiger partial charge in [0.15, 0.2) is 0 Å². The van der Waals surface area contributed by atoms with Crippen molar-refractivity contribution < 1.29 is 9.84 Å². The van der Waals surface area contributed by atoms with E-state index in [2.05, 4.69) is 21.0 Å². The Morgan fingerprint density at radius 3 is 2.70 bits per heavy atom. The molecular formula is C21H20N4O2. The van der Waals surface area contributed by atoms with E-state index >= 15 is 0 Å². The van der Waals surface area contributed by atoms with Crippen LogP contribution in [0.5, 0.6) is 5.88 Å². The monoisotopic (exact) mass is 360 g/mol. The van der Waals surface area contributed by atoms with Crippen LogP contribution in [0, 0.1) is 5.92 Å². The number of anilines is 1. The van der Waals surface area contributed by atoms with E-state index in [1.54, 1.807) is 19.5 Å². The summed E-state index contributed by atoms with van der Waals surface area (Å²) in [6.07, 6.45) is 12.4. The highest BCUT2D eigenvalue weighted by Crippen LogP contribution is 2.41. The number of aromatic nitrogens is 2. The van der Waals surface area contributed by atoms with Crippen LogP contribution in [0.1, 0.15) is 23.2 Å². The number of fused-ring (bicyclic) bond motifs is 1. The molecule has 0 fully saturated rings. The number of nitrogens with zero attached hydrogens (tertiary/aromatic N) is 3. The lowest BCUT2D eigenvalue weighted by atomic mass is 9.80. The highest BCUT2D eigenvalue weighted by atomic mass is 16.5. The highest BCUT2D eigenvalue weighted by Gasteiger charge is 2.26. The van der Waals surface area contributed by atoms with Crippen molar-refractivity contribution in [2.45, 2.75) is 13.0 Å². The van der Waals surface area contributed by atoms with E-state index in [4.69, 9.17) is 10.5 Å². The number of hydrogen-bond donors (Lipinski definition) is 2. The lowest BCUT2D eigenvalue weighted by Crippen LogP contribution is -2.14.